The number of rotatable bonds is 5. The molecule has 2 atom stereocenters. The van der Waals surface area contributed by atoms with Crippen molar-refractivity contribution in [3.63, 3.8) is 0 Å². The topological polar surface area (TPSA) is 17.1 Å². The first-order valence-electron chi connectivity index (χ1n) is 4.94. The fraction of sp³-hybridized carbons (Fsp3) is 0.909. The van der Waals surface area contributed by atoms with Crippen LogP contribution in [-0.2, 0) is 4.79 Å². The second kappa shape index (κ2) is 5.34. The molecule has 0 fully saturated rings. The van der Waals surface area contributed by atoms with E-state index in [1.807, 2.05) is 6.92 Å². The minimum atomic E-state index is 0.249. The molecule has 0 spiro atoms. The van der Waals surface area contributed by atoms with Crippen molar-refractivity contribution in [2.24, 2.45) is 17.8 Å². The number of hydrogen-bond acceptors (Lipinski definition) is 1. The Kier molecular flexibility index (Phi) is 5.19. The van der Waals surface area contributed by atoms with Gasteiger partial charge in [0.05, 0.1) is 0 Å². The van der Waals surface area contributed by atoms with Gasteiger partial charge < -0.3 is 0 Å². The van der Waals surface area contributed by atoms with Crippen LogP contribution >= 0.6 is 0 Å². The van der Waals surface area contributed by atoms with Crippen LogP contribution < -0.4 is 0 Å². The minimum absolute atomic E-state index is 0.249. The number of carbonyl (C=O) groups is 1. The Labute approximate surface area is 76.6 Å². The zero-order valence-corrected chi connectivity index (χ0v) is 9.05. The SMILES string of the molecule is CC(=O)C(C)CC(C)CC(C)C. The van der Waals surface area contributed by atoms with E-state index < -0.39 is 0 Å². The van der Waals surface area contributed by atoms with Crippen molar-refractivity contribution in [1.82, 2.24) is 0 Å². The Bertz CT molecular complexity index is 138. The molecule has 0 aromatic heterocycles. The molecule has 0 aliphatic heterocycles. The Morgan fingerprint density at radius 3 is 1.92 bits per heavy atom. The largest absolute Gasteiger partial charge is 0.300 e. The number of carbonyl (C=O) groups excluding carboxylic acids is 1. The van der Waals surface area contributed by atoms with Gasteiger partial charge in [-0.2, -0.15) is 0 Å². The maximum absolute atomic E-state index is 11.0. The van der Waals surface area contributed by atoms with Gasteiger partial charge in [-0.05, 0) is 31.6 Å². The summed E-state index contributed by atoms with van der Waals surface area (Å²) in [6, 6.07) is 0. The molecule has 0 heterocycles. The smallest absolute Gasteiger partial charge is 0.132 e. The van der Waals surface area contributed by atoms with Crippen molar-refractivity contribution in [2.45, 2.75) is 47.5 Å². The molecular weight excluding hydrogens is 148 g/mol. The van der Waals surface area contributed by atoms with E-state index in [0.29, 0.717) is 11.7 Å². The molecule has 2 unspecified atom stereocenters. The van der Waals surface area contributed by atoms with Gasteiger partial charge in [0.15, 0.2) is 0 Å². The predicted molar refractivity (Wildman–Crippen MR) is 53.1 cm³/mol. The van der Waals surface area contributed by atoms with E-state index in [0.717, 1.165) is 12.3 Å². The Morgan fingerprint density at radius 1 is 1.08 bits per heavy atom. The molecular formula is C11H22O. The average molecular weight is 170 g/mol. The molecule has 0 aliphatic carbocycles. The van der Waals surface area contributed by atoms with Crippen LogP contribution in [0.4, 0.5) is 0 Å². The lowest BCUT2D eigenvalue weighted by Crippen LogP contribution is -2.12. The van der Waals surface area contributed by atoms with Crippen molar-refractivity contribution < 1.29 is 4.79 Å². The lowest BCUT2D eigenvalue weighted by Gasteiger charge is -2.16. The summed E-state index contributed by atoms with van der Waals surface area (Å²) < 4.78 is 0. The van der Waals surface area contributed by atoms with Crippen LogP contribution in [0.25, 0.3) is 0 Å². The van der Waals surface area contributed by atoms with Crippen LogP contribution in [0.5, 0.6) is 0 Å². The zero-order valence-electron chi connectivity index (χ0n) is 9.05. The highest BCUT2D eigenvalue weighted by Gasteiger charge is 2.13. The molecule has 0 N–H and O–H groups in total. The first-order chi connectivity index (χ1) is 5.43. The van der Waals surface area contributed by atoms with Crippen LogP contribution in [0, 0.1) is 17.8 Å². The number of Topliss-reactive ketones (excluding diaryl/α,β-unsaturated/α-hetero) is 1. The van der Waals surface area contributed by atoms with Gasteiger partial charge in [0.1, 0.15) is 5.78 Å². The highest BCUT2D eigenvalue weighted by Crippen LogP contribution is 2.19. The summed E-state index contributed by atoms with van der Waals surface area (Å²) >= 11 is 0. The van der Waals surface area contributed by atoms with Gasteiger partial charge in [-0.25, -0.2) is 0 Å². The van der Waals surface area contributed by atoms with Crippen molar-refractivity contribution in [3.05, 3.63) is 0 Å². The van der Waals surface area contributed by atoms with Crippen molar-refractivity contribution in [3.8, 4) is 0 Å². The zero-order chi connectivity index (χ0) is 9.72. The van der Waals surface area contributed by atoms with E-state index >= 15 is 0 Å². The fourth-order valence-electron chi connectivity index (χ4n) is 1.67. The van der Waals surface area contributed by atoms with Gasteiger partial charge in [-0.15, -0.1) is 0 Å². The van der Waals surface area contributed by atoms with E-state index in [1.54, 1.807) is 6.92 Å². The van der Waals surface area contributed by atoms with Gasteiger partial charge in [0, 0.05) is 5.92 Å². The molecule has 0 saturated carbocycles. The highest BCUT2D eigenvalue weighted by atomic mass is 16.1. The molecule has 0 aromatic carbocycles. The standard InChI is InChI=1S/C11H22O/c1-8(2)6-9(3)7-10(4)11(5)12/h8-10H,6-7H2,1-5H3. The van der Waals surface area contributed by atoms with Gasteiger partial charge in [-0.3, -0.25) is 4.79 Å². The third-order valence-corrected chi connectivity index (χ3v) is 2.32. The minimum Gasteiger partial charge on any atom is -0.300 e. The predicted octanol–water partition coefficient (Wildman–Crippen LogP) is 3.28. The Hall–Kier alpha value is -0.330. The van der Waals surface area contributed by atoms with Gasteiger partial charge in [0.25, 0.3) is 0 Å². The molecule has 1 heteroatoms. The van der Waals surface area contributed by atoms with E-state index in [9.17, 15) is 4.79 Å². The van der Waals surface area contributed by atoms with E-state index in [4.69, 9.17) is 0 Å². The molecule has 0 bridgehead atoms. The fourth-order valence-corrected chi connectivity index (χ4v) is 1.67. The van der Waals surface area contributed by atoms with Crippen molar-refractivity contribution in [1.29, 1.82) is 0 Å². The van der Waals surface area contributed by atoms with Gasteiger partial charge in [-0.1, -0.05) is 27.7 Å². The quantitative estimate of drug-likeness (QED) is 0.619. The van der Waals surface area contributed by atoms with Gasteiger partial charge in [0.2, 0.25) is 0 Å². The summed E-state index contributed by atoms with van der Waals surface area (Å²) in [6.07, 6.45) is 2.28. The normalized spacial score (nSPS) is 16.2. The van der Waals surface area contributed by atoms with E-state index in [-0.39, 0.29) is 5.92 Å². The summed E-state index contributed by atoms with van der Waals surface area (Å²) in [4.78, 5) is 11.0. The van der Waals surface area contributed by atoms with Gasteiger partial charge >= 0.3 is 0 Å². The summed E-state index contributed by atoms with van der Waals surface area (Å²) in [5, 5.41) is 0. The van der Waals surface area contributed by atoms with Crippen LogP contribution in [0.15, 0.2) is 0 Å². The van der Waals surface area contributed by atoms with Crippen LogP contribution in [0.2, 0.25) is 0 Å². The third kappa shape index (κ3) is 5.34. The monoisotopic (exact) mass is 170 g/mol. The van der Waals surface area contributed by atoms with Crippen LogP contribution in [-0.4, -0.2) is 5.78 Å². The van der Waals surface area contributed by atoms with Crippen LogP contribution in [0.1, 0.15) is 47.5 Å². The van der Waals surface area contributed by atoms with Crippen LogP contribution in [0.3, 0.4) is 0 Å². The highest BCUT2D eigenvalue weighted by molar-refractivity contribution is 5.77. The van der Waals surface area contributed by atoms with Crippen molar-refractivity contribution >= 4 is 5.78 Å². The Morgan fingerprint density at radius 2 is 1.58 bits per heavy atom. The molecule has 0 aromatic rings. The summed E-state index contributed by atoms with van der Waals surface area (Å²) in [6.45, 7) is 10.4. The Balaban J connectivity index is 3.68. The molecule has 72 valence electrons. The molecule has 1 nitrogen and oxygen atoms in total. The summed E-state index contributed by atoms with van der Waals surface area (Å²) in [5.41, 5.74) is 0. The maximum atomic E-state index is 11.0. The molecule has 0 rings (SSSR count). The molecule has 0 amide bonds. The van der Waals surface area contributed by atoms with Crippen molar-refractivity contribution in [2.75, 3.05) is 0 Å². The molecule has 0 saturated heterocycles. The first-order valence-corrected chi connectivity index (χ1v) is 4.94. The molecule has 12 heavy (non-hydrogen) atoms. The second-order valence-electron chi connectivity index (χ2n) is 4.48. The summed E-state index contributed by atoms with van der Waals surface area (Å²) in [7, 11) is 0. The third-order valence-electron chi connectivity index (χ3n) is 2.32. The molecule has 0 radical (unpaired) electrons. The second-order valence-corrected chi connectivity index (χ2v) is 4.48. The first kappa shape index (κ1) is 11.7. The summed E-state index contributed by atoms with van der Waals surface area (Å²) in [5.74, 6) is 2.01. The molecule has 0 aliphatic rings. The van der Waals surface area contributed by atoms with E-state index in [2.05, 4.69) is 20.8 Å². The van der Waals surface area contributed by atoms with E-state index in [1.165, 1.54) is 6.42 Å². The maximum Gasteiger partial charge on any atom is 0.132 e. The average Bonchev–Trinajstić information content (AvgIpc) is 1.84. The lowest BCUT2D eigenvalue weighted by molar-refractivity contribution is -0.120. The number of hydrogen-bond donors (Lipinski definition) is 0. The lowest BCUT2D eigenvalue weighted by atomic mass is 9.89. The number of ketones is 1.